The van der Waals surface area contributed by atoms with Gasteiger partial charge in [0.1, 0.15) is 6.07 Å². The number of nitriles is 1. The van der Waals surface area contributed by atoms with Crippen molar-refractivity contribution in [1.29, 1.82) is 5.26 Å². The Bertz CT molecular complexity index is 1770. The highest BCUT2D eigenvalue weighted by molar-refractivity contribution is 7.79. The van der Waals surface area contributed by atoms with Crippen molar-refractivity contribution >= 4 is 45.9 Å². The summed E-state index contributed by atoms with van der Waals surface area (Å²) in [6.45, 7) is 4.63. The van der Waals surface area contributed by atoms with Gasteiger partial charge in [-0.2, -0.15) is 5.26 Å². The molecule has 0 unspecified atom stereocenters. The predicted octanol–water partition coefficient (Wildman–Crippen LogP) is 6.57. The molecule has 0 spiro atoms. The SMILES string of the molecule is CC1(C)c2cc(P(c3ccccc3)c3ccccc3)ccc2-c2c1cc1c3c(cccc23)C(C#N)=C1N. The lowest BCUT2D eigenvalue weighted by atomic mass is 9.81. The average Bonchev–Trinajstić information content (AvgIpc) is 3.34. The molecule has 0 radical (unpaired) electrons. The Hall–Kier alpha value is -4.18. The Morgan fingerprint density at radius 3 is 2.00 bits per heavy atom. The molecule has 5 aromatic rings. The summed E-state index contributed by atoms with van der Waals surface area (Å²) in [5.41, 5.74) is 14.7. The summed E-state index contributed by atoms with van der Waals surface area (Å²) in [6, 6.07) is 39.7. The molecule has 176 valence electrons. The van der Waals surface area contributed by atoms with Gasteiger partial charge in [0.05, 0.1) is 11.3 Å². The Labute approximate surface area is 218 Å². The lowest BCUT2D eigenvalue weighted by Gasteiger charge is -2.25. The van der Waals surface area contributed by atoms with E-state index in [9.17, 15) is 5.26 Å². The first-order valence-electron chi connectivity index (χ1n) is 12.6. The molecule has 0 atom stereocenters. The normalized spacial score (nSPS) is 14.6. The minimum absolute atomic E-state index is 0.189. The largest absolute Gasteiger partial charge is 0.397 e. The third-order valence-electron chi connectivity index (χ3n) is 8.01. The molecule has 0 aliphatic heterocycles. The molecule has 2 aliphatic carbocycles. The van der Waals surface area contributed by atoms with E-state index in [0.717, 1.165) is 16.5 Å². The van der Waals surface area contributed by atoms with Gasteiger partial charge in [0.25, 0.3) is 0 Å². The first-order valence-corrected chi connectivity index (χ1v) is 13.9. The summed E-state index contributed by atoms with van der Waals surface area (Å²) in [5, 5.41) is 16.2. The summed E-state index contributed by atoms with van der Waals surface area (Å²) in [5.74, 6) is 0. The maximum atomic E-state index is 9.81. The predicted molar refractivity (Wildman–Crippen MR) is 157 cm³/mol. The van der Waals surface area contributed by atoms with Crippen LogP contribution in [0.1, 0.15) is 36.1 Å². The maximum absolute atomic E-state index is 9.81. The molecule has 2 aliphatic rings. The Morgan fingerprint density at radius 1 is 0.676 bits per heavy atom. The van der Waals surface area contributed by atoms with Crippen LogP contribution in [0.3, 0.4) is 0 Å². The zero-order chi connectivity index (χ0) is 25.3. The topological polar surface area (TPSA) is 49.8 Å². The van der Waals surface area contributed by atoms with Crippen LogP contribution < -0.4 is 21.6 Å². The second-order valence-electron chi connectivity index (χ2n) is 10.3. The van der Waals surface area contributed by atoms with Crippen molar-refractivity contribution in [2.24, 2.45) is 5.73 Å². The van der Waals surface area contributed by atoms with Crippen molar-refractivity contribution in [2.45, 2.75) is 19.3 Å². The molecule has 7 rings (SSSR count). The summed E-state index contributed by atoms with van der Waals surface area (Å²) in [6.07, 6.45) is 0. The first kappa shape index (κ1) is 22.1. The fraction of sp³-hybridized carbons (Fsp3) is 0.0882. The monoisotopic (exact) mass is 492 g/mol. The van der Waals surface area contributed by atoms with Crippen LogP contribution >= 0.6 is 7.92 Å². The number of hydrogen-bond acceptors (Lipinski definition) is 2. The van der Waals surface area contributed by atoms with Gasteiger partial charge >= 0.3 is 0 Å². The van der Waals surface area contributed by atoms with Crippen LogP contribution in [-0.2, 0) is 5.41 Å². The van der Waals surface area contributed by atoms with E-state index in [0.29, 0.717) is 11.3 Å². The molecule has 0 heterocycles. The third kappa shape index (κ3) is 3.02. The fourth-order valence-electron chi connectivity index (χ4n) is 6.24. The second-order valence-corrected chi connectivity index (χ2v) is 12.6. The smallest absolute Gasteiger partial charge is 0.102 e. The van der Waals surface area contributed by atoms with Gasteiger partial charge in [0.15, 0.2) is 0 Å². The molecule has 0 saturated carbocycles. The quantitative estimate of drug-likeness (QED) is 0.290. The van der Waals surface area contributed by atoms with Crippen molar-refractivity contribution in [1.82, 2.24) is 0 Å². The van der Waals surface area contributed by atoms with E-state index in [1.807, 2.05) is 6.07 Å². The van der Waals surface area contributed by atoms with Crippen LogP contribution in [0.2, 0.25) is 0 Å². The number of benzene rings is 5. The minimum atomic E-state index is -0.684. The van der Waals surface area contributed by atoms with E-state index in [2.05, 4.69) is 117 Å². The standard InChI is InChI=1S/C34H25N2P/c1-34(2)29-18-23(37(21-10-5-3-6-11-21)22-12-7-4-8-13-22)16-17-25(29)32-26-15-9-14-24-28(20-35)33(36)27(31(24)26)19-30(32)34/h3-19H,36H2,1-2H3. The number of nitrogens with zero attached hydrogens (tertiary/aromatic N) is 1. The van der Waals surface area contributed by atoms with Crippen molar-refractivity contribution in [2.75, 3.05) is 0 Å². The van der Waals surface area contributed by atoms with Crippen LogP contribution in [0.5, 0.6) is 0 Å². The molecule has 0 aromatic heterocycles. The summed E-state index contributed by atoms with van der Waals surface area (Å²) >= 11 is 0. The number of allylic oxidation sites excluding steroid dienone is 1. The lowest BCUT2D eigenvalue weighted by Crippen LogP contribution is -2.23. The van der Waals surface area contributed by atoms with Gasteiger partial charge in [-0.05, 0) is 63.6 Å². The maximum Gasteiger partial charge on any atom is 0.102 e. The molecule has 3 heteroatoms. The number of fused-ring (bicyclic) bond motifs is 4. The number of hydrogen-bond donors (Lipinski definition) is 1. The zero-order valence-electron chi connectivity index (χ0n) is 20.8. The molecule has 5 aromatic carbocycles. The highest BCUT2D eigenvalue weighted by atomic mass is 31.1. The fourth-order valence-corrected chi connectivity index (χ4v) is 8.56. The van der Waals surface area contributed by atoms with Gasteiger partial charge in [0.2, 0.25) is 0 Å². The van der Waals surface area contributed by atoms with Crippen molar-refractivity contribution < 1.29 is 0 Å². The molecular formula is C34H25N2P. The molecule has 2 N–H and O–H groups in total. The second kappa shape index (κ2) is 7.91. The van der Waals surface area contributed by atoms with E-state index in [-0.39, 0.29) is 5.41 Å². The van der Waals surface area contributed by atoms with Crippen LogP contribution in [0, 0.1) is 11.3 Å². The van der Waals surface area contributed by atoms with E-state index in [1.165, 1.54) is 43.6 Å². The molecule has 0 fully saturated rings. The Morgan fingerprint density at radius 2 is 1.35 bits per heavy atom. The summed E-state index contributed by atoms with van der Waals surface area (Å²) < 4.78 is 0. The highest BCUT2D eigenvalue weighted by Crippen LogP contribution is 2.55. The molecule has 2 nitrogen and oxygen atoms in total. The minimum Gasteiger partial charge on any atom is -0.397 e. The van der Waals surface area contributed by atoms with Gasteiger partial charge in [0, 0.05) is 21.9 Å². The van der Waals surface area contributed by atoms with Gasteiger partial charge in [-0.15, -0.1) is 0 Å². The van der Waals surface area contributed by atoms with Crippen LogP contribution in [0.25, 0.3) is 33.2 Å². The van der Waals surface area contributed by atoms with E-state index >= 15 is 0 Å². The van der Waals surface area contributed by atoms with Gasteiger partial charge in [-0.25, -0.2) is 0 Å². The van der Waals surface area contributed by atoms with Gasteiger partial charge < -0.3 is 5.73 Å². The molecule has 0 bridgehead atoms. The summed E-state index contributed by atoms with van der Waals surface area (Å²) in [4.78, 5) is 0. The molecular weight excluding hydrogens is 467 g/mol. The highest BCUT2D eigenvalue weighted by Gasteiger charge is 2.39. The Kier molecular flexibility index (Phi) is 4.71. The number of nitrogens with two attached hydrogens (primary N) is 1. The molecule has 37 heavy (non-hydrogen) atoms. The van der Waals surface area contributed by atoms with E-state index < -0.39 is 7.92 Å². The Balaban J connectivity index is 1.47. The first-order chi connectivity index (χ1) is 18.0. The third-order valence-corrected chi connectivity index (χ3v) is 10.4. The zero-order valence-corrected chi connectivity index (χ0v) is 21.7. The van der Waals surface area contributed by atoms with Crippen molar-refractivity contribution in [3.63, 3.8) is 0 Å². The average molecular weight is 493 g/mol. The van der Waals surface area contributed by atoms with Crippen LogP contribution in [0.15, 0.2) is 103 Å². The van der Waals surface area contributed by atoms with E-state index in [1.54, 1.807) is 0 Å². The molecule has 0 amide bonds. The number of rotatable bonds is 3. The summed E-state index contributed by atoms with van der Waals surface area (Å²) in [7, 11) is -0.684. The molecule has 0 saturated heterocycles. The van der Waals surface area contributed by atoms with Gasteiger partial charge in [-0.1, -0.05) is 105 Å². The van der Waals surface area contributed by atoms with Gasteiger partial charge in [-0.3, -0.25) is 0 Å². The van der Waals surface area contributed by atoms with E-state index in [4.69, 9.17) is 5.73 Å². The van der Waals surface area contributed by atoms with Crippen molar-refractivity contribution in [3.05, 3.63) is 125 Å². The lowest BCUT2D eigenvalue weighted by molar-refractivity contribution is 0.661. The van der Waals surface area contributed by atoms with Crippen LogP contribution in [0.4, 0.5) is 0 Å². The van der Waals surface area contributed by atoms with Crippen molar-refractivity contribution in [3.8, 4) is 17.2 Å². The van der Waals surface area contributed by atoms with Crippen LogP contribution in [-0.4, -0.2) is 0 Å².